The molecule has 0 aliphatic carbocycles. The number of aliphatic imine (C=N–C) groups is 1. The van der Waals surface area contributed by atoms with Gasteiger partial charge >= 0.3 is 0 Å². The van der Waals surface area contributed by atoms with E-state index in [2.05, 4.69) is 34.0 Å². The fourth-order valence-electron chi connectivity index (χ4n) is 2.05. The maximum Gasteiger partial charge on any atom is 0.252 e. The second-order valence-corrected chi connectivity index (χ2v) is 5.29. The predicted molar refractivity (Wildman–Crippen MR) is 80.2 cm³/mol. The molecule has 1 aromatic rings. The number of rotatable bonds is 6. The van der Waals surface area contributed by atoms with E-state index in [4.69, 9.17) is 0 Å². The Labute approximate surface area is 120 Å². The maximum atomic E-state index is 11.9. The molecule has 0 fully saturated rings. The van der Waals surface area contributed by atoms with Crippen molar-refractivity contribution in [2.45, 2.75) is 26.2 Å². The van der Waals surface area contributed by atoms with E-state index in [-0.39, 0.29) is 5.91 Å². The SMILES string of the molecule is CC(C)c1ccc(C(=O)NCCCN2C=NCC2)cn1. The summed E-state index contributed by atoms with van der Waals surface area (Å²) >= 11 is 0. The topological polar surface area (TPSA) is 57.6 Å². The third-order valence-corrected chi connectivity index (χ3v) is 3.31. The Balaban J connectivity index is 1.72. The summed E-state index contributed by atoms with van der Waals surface area (Å²) in [5.74, 6) is 0.331. The highest BCUT2D eigenvalue weighted by Crippen LogP contribution is 2.11. The number of hydrogen-bond donors (Lipinski definition) is 1. The van der Waals surface area contributed by atoms with Crippen molar-refractivity contribution in [3.63, 3.8) is 0 Å². The molecule has 0 bridgehead atoms. The van der Waals surface area contributed by atoms with E-state index in [0.717, 1.165) is 31.7 Å². The second-order valence-electron chi connectivity index (χ2n) is 5.29. The van der Waals surface area contributed by atoms with Crippen LogP contribution in [-0.2, 0) is 0 Å². The zero-order valence-corrected chi connectivity index (χ0v) is 12.2. The van der Waals surface area contributed by atoms with Crippen molar-refractivity contribution in [3.8, 4) is 0 Å². The lowest BCUT2D eigenvalue weighted by Crippen LogP contribution is -2.28. The molecular weight excluding hydrogens is 252 g/mol. The summed E-state index contributed by atoms with van der Waals surface area (Å²) in [6, 6.07) is 3.76. The fraction of sp³-hybridized carbons (Fsp3) is 0.533. The third kappa shape index (κ3) is 4.05. The van der Waals surface area contributed by atoms with Crippen LogP contribution < -0.4 is 5.32 Å². The summed E-state index contributed by atoms with van der Waals surface area (Å²) in [6.45, 7) is 7.67. The lowest BCUT2D eigenvalue weighted by molar-refractivity contribution is 0.0952. The first-order valence-electron chi connectivity index (χ1n) is 7.15. The summed E-state index contributed by atoms with van der Waals surface area (Å²) < 4.78 is 0. The number of carbonyl (C=O) groups excluding carboxylic acids is 1. The lowest BCUT2D eigenvalue weighted by Gasteiger charge is -2.13. The van der Waals surface area contributed by atoms with Crippen LogP contribution >= 0.6 is 0 Å². The molecule has 5 heteroatoms. The molecule has 0 spiro atoms. The maximum absolute atomic E-state index is 11.9. The zero-order valence-electron chi connectivity index (χ0n) is 12.2. The van der Waals surface area contributed by atoms with Gasteiger partial charge < -0.3 is 10.2 Å². The van der Waals surface area contributed by atoms with Crippen LogP contribution in [-0.4, -0.2) is 48.3 Å². The van der Waals surface area contributed by atoms with E-state index in [1.807, 2.05) is 18.5 Å². The average Bonchev–Trinajstić information content (AvgIpc) is 2.96. The van der Waals surface area contributed by atoms with E-state index in [1.165, 1.54) is 0 Å². The standard InChI is InChI=1S/C15H22N4O/c1-12(2)14-5-4-13(10-18-14)15(20)17-6-3-8-19-9-7-16-11-19/h4-5,10-12H,3,6-9H2,1-2H3,(H,17,20). The highest BCUT2D eigenvalue weighted by Gasteiger charge is 2.08. The second kappa shape index (κ2) is 7.03. The third-order valence-electron chi connectivity index (χ3n) is 3.31. The number of pyridine rings is 1. The number of amides is 1. The van der Waals surface area contributed by atoms with Gasteiger partial charge in [-0.15, -0.1) is 0 Å². The molecule has 1 aliphatic rings. The number of nitrogens with zero attached hydrogens (tertiary/aromatic N) is 3. The van der Waals surface area contributed by atoms with Crippen molar-refractivity contribution in [3.05, 3.63) is 29.6 Å². The summed E-state index contributed by atoms with van der Waals surface area (Å²) in [5.41, 5.74) is 1.63. The van der Waals surface area contributed by atoms with E-state index in [1.54, 1.807) is 6.20 Å². The van der Waals surface area contributed by atoms with Crippen molar-refractivity contribution in [2.75, 3.05) is 26.2 Å². The minimum absolute atomic E-state index is 0.0529. The van der Waals surface area contributed by atoms with Gasteiger partial charge in [0, 0.05) is 31.5 Å². The van der Waals surface area contributed by atoms with E-state index < -0.39 is 0 Å². The number of hydrogen-bond acceptors (Lipinski definition) is 4. The normalized spacial score (nSPS) is 14.1. The van der Waals surface area contributed by atoms with Gasteiger partial charge in [-0.25, -0.2) is 0 Å². The minimum Gasteiger partial charge on any atom is -0.361 e. The molecule has 0 radical (unpaired) electrons. The van der Waals surface area contributed by atoms with Crippen molar-refractivity contribution in [1.82, 2.24) is 15.2 Å². The molecule has 0 saturated heterocycles. The molecule has 5 nitrogen and oxygen atoms in total. The van der Waals surface area contributed by atoms with Crippen LogP contribution in [0.5, 0.6) is 0 Å². The molecule has 2 heterocycles. The van der Waals surface area contributed by atoms with E-state index >= 15 is 0 Å². The van der Waals surface area contributed by atoms with Gasteiger partial charge in [-0.2, -0.15) is 0 Å². The van der Waals surface area contributed by atoms with Gasteiger partial charge in [0.25, 0.3) is 5.91 Å². The first-order valence-corrected chi connectivity index (χ1v) is 7.15. The Morgan fingerprint density at radius 1 is 1.45 bits per heavy atom. The molecule has 2 rings (SSSR count). The number of carbonyl (C=O) groups is 1. The molecule has 20 heavy (non-hydrogen) atoms. The molecular formula is C15H22N4O. The summed E-state index contributed by atoms with van der Waals surface area (Å²) in [4.78, 5) is 22.6. The van der Waals surface area contributed by atoms with Gasteiger partial charge in [0.05, 0.1) is 18.4 Å². The Hall–Kier alpha value is -1.91. The van der Waals surface area contributed by atoms with Crippen LogP contribution in [0, 0.1) is 0 Å². The molecule has 1 N–H and O–H groups in total. The largest absolute Gasteiger partial charge is 0.361 e. The van der Waals surface area contributed by atoms with E-state index in [0.29, 0.717) is 18.0 Å². The Morgan fingerprint density at radius 3 is 2.90 bits per heavy atom. The summed E-state index contributed by atoms with van der Waals surface area (Å²) in [6.07, 6.45) is 4.46. The van der Waals surface area contributed by atoms with Crippen LogP contribution in [0.4, 0.5) is 0 Å². The number of nitrogens with one attached hydrogen (secondary N) is 1. The van der Waals surface area contributed by atoms with Crippen molar-refractivity contribution < 1.29 is 4.79 Å². The predicted octanol–water partition coefficient (Wildman–Crippen LogP) is 1.67. The first-order chi connectivity index (χ1) is 9.66. The van der Waals surface area contributed by atoms with E-state index in [9.17, 15) is 4.79 Å². The van der Waals surface area contributed by atoms with Gasteiger partial charge in [-0.3, -0.25) is 14.8 Å². The van der Waals surface area contributed by atoms with Crippen LogP contribution in [0.3, 0.4) is 0 Å². The van der Waals surface area contributed by atoms with Crippen LogP contribution in [0.25, 0.3) is 0 Å². The van der Waals surface area contributed by atoms with Crippen LogP contribution in [0.15, 0.2) is 23.3 Å². The lowest BCUT2D eigenvalue weighted by atomic mass is 10.1. The first kappa shape index (κ1) is 14.5. The van der Waals surface area contributed by atoms with Crippen LogP contribution in [0.2, 0.25) is 0 Å². The molecule has 108 valence electrons. The van der Waals surface area contributed by atoms with Crippen molar-refractivity contribution in [2.24, 2.45) is 4.99 Å². The smallest absolute Gasteiger partial charge is 0.252 e. The number of aromatic nitrogens is 1. The molecule has 0 atom stereocenters. The van der Waals surface area contributed by atoms with Gasteiger partial charge in [0.15, 0.2) is 0 Å². The zero-order chi connectivity index (χ0) is 14.4. The van der Waals surface area contributed by atoms with Gasteiger partial charge in [0.2, 0.25) is 0 Å². The molecule has 1 aromatic heterocycles. The Morgan fingerprint density at radius 2 is 2.30 bits per heavy atom. The fourth-order valence-corrected chi connectivity index (χ4v) is 2.05. The van der Waals surface area contributed by atoms with Gasteiger partial charge in [-0.05, 0) is 24.5 Å². The molecule has 0 unspecified atom stereocenters. The Kier molecular flexibility index (Phi) is 5.09. The van der Waals surface area contributed by atoms with Gasteiger partial charge in [-0.1, -0.05) is 13.8 Å². The van der Waals surface area contributed by atoms with Crippen LogP contribution in [0.1, 0.15) is 42.2 Å². The highest BCUT2D eigenvalue weighted by atomic mass is 16.1. The highest BCUT2D eigenvalue weighted by molar-refractivity contribution is 5.93. The minimum atomic E-state index is -0.0529. The molecule has 0 aromatic carbocycles. The summed E-state index contributed by atoms with van der Waals surface area (Å²) in [7, 11) is 0. The monoisotopic (exact) mass is 274 g/mol. The Bertz CT molecular complexity index is 467. The molecule has 1 amide bonds. The van der Waals surface area contributed by atoms with Crippen molar-refractivity contribution in [1.29, 1.82) is 0 Å². The van der Waals surface area contributed by atoms with Crippen molar-refractivity contribution >= 4 is 12.2 Å². The molecule has 1 aliphatic heterocycles. The van der Waals surface area contributed by atoms with Gasteiger partial charge in [0.1, 0.15) is 0 Å². The average molecular weight is 274 g/mol. The quantitative estimate of drug-likeness (QED) is 0.803. The molecule has 0 saturated carbocycles. The summed E-state index contributed by atoms with van der Waals surface area (Å²) in [5, 5.41) is 2.92.